The smallest absolute Gasteiger partial charge is 0.277 e. The van der Waals surface area contributed by atoms with Crippen LogP contribution in [0.4, 0.5) is 5.69 Å². The Labute approximate surface area is 178 Å². The molecule has 0 aliphatic rings. The molecule has 0 fully saturated rings. The monoisotopic (exact) mass is 419 g/mol. The van der Waals surface area contributed by atoms with E-state index in [0.717, 1.165) is 34.2 Å². The van der Waals surface area contributed by atoms with Crippen molar-refractivity contribution in [3.63, 3.8) is 0 Å². The Balaban J connectivity index is 1.29. The molecule has 1 aromatic heterocycles. The van der Waals surface area contributed by atoms with Crippen LogP contribution in [0, 0.1) is 0 Å². The van der Waals surface area contributed by atoms with Gasteiger partial charge in [0.15, 0.2) is 6.61 Å². The Morgan fingerprint density at radius 1 is 1.03 bits per heavy atom. The van der Waals surface area contributed by atoms with Crippen LogP contribution in [-0.4, -0.2) is 21.9 Å². The molecule has 0 spiro atoms. The van der Waals surface area contributed by atoms with Crippen LogP contribution in [0.25, 0.3) is 10.8 Å². The van der Waals surface area contributed by atoms with Crippen LogP contribution in [-0.2, 0) is 17.8 Å². The number of carbonyl (C=O) groups is 1. The molecule has 1 heterocycles. The van der Waals surface area contributed by atoms with Gasteiger partial charge in [-0.05, 0) is 41.0 Å². The first-order chi connectivity index (χ1) is 14.7. The standard InChI is InChI=1S/C23H21N3O3S/c1-2-16-7-5-6-10-20(16)24-21(27)15-30-23-26-25-22(29-23)14-28-19-12-11-17-8-3-4-9-18(17)13-19/h3-13H,2,14-15H2,1H3,(H,24,27). The molecule has 7 heteroatoms. The number of aryl methyl sites for hydroxylation is 1. The van der Waals surface area contributed by atoms with Gasteiger partial charge in [-0.15, -0.1) is 10.2 Å². The lowest BCUT2D eigenvalue weighted by molar-refractivity contribution is -0.113. The molecule has 1 N–H and O–H groups in total. The zero-order chi connectivity index (χ0) is 20.8. The first-order valence-electron chi connectivity index (χ1n) is 9.66. The highest BCUT2D eigenvalue weighted by molar-refractivity contribution is 7.99. The van der Waals surface area contributed by atoms with E-state index in [9.17, 15) is 4.79 Å². The van der Waals surface area contributed by atoms with Gasteiger partial charge in [0.25, 0.3) is 11.1 Å². The van der Waals surface area contributed by atoms with Gasteiger partial charge in [-0.2, -0.15) is 0 Å². The van der Waals surface area contributed by atoms with Crippen LogP contribution in [0.1, 0.15) is 18.4 Å². The Morgan fingerprint density at radius 3 is 2.70 bits per heavy atom. The van der Waals surface area contributed by atoms with Gasteiger partial charge in [0, 0.05) is 5.69 Å². The van der Waals surface area contributed by atoms with E-state index in [0.29, 0.717) is 11.1 Å². The minimum absolute atomic E-state index is 0.118. The summed E-state index contributed by atoms with van der Waals surface area (Å²) in [6.45, 7) is 2.22. The highest BCUT2D eigenvalue weighted by Crippen LogP contribution is 2.22. The Morgan fingerprint density at radius 2 is 1.83 bits per heavy atom. The predicted molar refractivity (Wildman–Crippen MR) is 118 cm³/mol. The van der Waals surface area contributed by atoms with Gasteiger partial charge < -0.3 is 14.5 Å². The molecule has 0 bridgehead atoms. The average Bonchev–Trinajstić information content (AvgIpc) is 3.24. The van der Waals surface area contributed by atoms with E-state index in [2.05, 4.69) is 28.5 Å². The van der Waals surface area contributed by atoms with Crippen LogP contribution in [0.3, 0.4) is 0 Å². The zero-order valence-electron chi connectivity index (χ0n) is 16.5. The van der Waals surface area contributed by atoms with E-state index in [1.807, 2.05) is 60.7 Å². The summed E-state index contributed by atoms with van der Waals surface area (Å²) in [6.07, 6.45) is 0.855. The number of amides is 1. The van der Waals surface area contributed by atoms with E-state index in [1.165, 1.54) is 11.8 Å². The van der Waals surface area contributed by atoms with E-state index >= 15 is 0 Å². The molecule has 152 valence electrons. The maximum atomic E-state index is 12.2. The molecule has 0 saturated heterocycles. The van der Waals surface area contributed by atoms with Crippen molar-refractivity contribution in [3.8, 4) is 5.75 Å². The first kappa shape index (κ1) is 20.0. The van der Waals surface area contributed by atoms with Gasteiger partial charge in [0.2, 0.25) is 5.91 Å². The van der Waals surface area contributed by atoms with E-state index in [1.54, 1.807) is 0 Å². The van der Waals surface area contributed by atoms with Crippen molar-refractivity contribution in [3.05, 3.63) is 78.2 Å². The van der Waals surface area contributed by atoms with E-state index in [-0.39, 0.29) is 18.3 Å². The number of aromatic nitrogens is 2. The Kier molecular flexibility index (Phi) is 6.29. The lowest BCUT2D eigenvalue weighted by Gasteiger charge is -2.08. The highest BCUT2D eigenvalue weighted by Gasteiger charge is 2.11. The van der Waals surface area contributed by atoms with Crippen LogP contribution in [0.5, 0.6) is 5.75 Å². The quantitative estimate of drug-likeness (QED) is 0.401. The molecular formula is C23H21N3O3S. The molecule has 3 aromatic carbocycles. The summed E-state index contributed by atoms with van der Waals surface area (Å²) in [5, 5.41) is 13.5. The number of thioether (sulfide) groups is 1. The largest absolute Gasteiger partial charge is 0.484 e. The number of hydrogen-bond donors (Lipinski definition) is 1. The fourth-order valence-corrected chi connectivity index (χ4v) is 3.60. The molecule has 0 aliphatic heterocycles. The number of benzene rings is 3. The summed E-state index contributed by atoms with van der Waals surface area (Å²) in [7, 11) is 0. The van der Waals surface area contributed by atoms with Crippen LogP contribution >= 0.6 is 11.8 Å². The van der Waals surface area contributed by atoms with Crippen molar-refractivity contribution >= 4 is 34.1 Å². The number of nitrogens with zero attached hydrogens (tertiary/aromatic N) is 2. The van der Waals surface area contributed by atoms with Gasteiger partial charge in [0.05, 0.1) is 5.75 Å². The highest BCUT2D eigenvalue weighted by atomic mass is 32.2. The first-order valence-corrected chi connectivity index (χ1v) is 10.6. The van der Waals surface area contributed by atoms with Crippen LogP contribution in [0.15, 0.2) is 76.4 Å². The molecule has 4 rings (SSSR count). The number of ether oxygens (including phenoxy) is 1. The maximum Gasteiger partial charge on any atom is 0.277 e. The second-order valence-electron chi connectivity index (χ2n) is 6.61. The van der Waals surface area contributed by atoms with Gasteiger partial charge >= 0.3 is 0 Å². The number of nitrogens with one attached hydrogen (secondary N) is 1. The minimum Gasteiger partial charge on any atom is -0.484 e. The van der Waals surface area contributed by atoms with E-state index in [4.69, 9.17) is 9.15 Å². The molecular weight excluding hydrogens is 398 g/mol. The lowest BCUT2D eigenvalue weighted by atomic mass is 10.1. The minimum atomic E-state index is -0.118. The van der Waals surface area contributed by atoms with Gasteiger partial charge in [-0.25, -0.2) is 0 Å². The number of para-hydroxylation sites is 1. The second-order valence-corrected chi connectivity index (χ2v) is 7.53. The lowest BCUT2D eigenvalue weighted by Crippen LogP contribution is -2.15. The van der Waals surface area contributed by atoms with Gasteiger partial charge in [-0.3, -0.25) is 4.79 Å². The fraction of sp³-hybridized carbons (Fsp3) is 0.174. The van der Waals surface area contributed by atoms with Crippen molar-refractivity contribution in [2.75, 3.05) is 11.1 Å². The summed E-state index contributed by atoms with van der Waals surface area (Å²) in [4.78, 5) is 12.2. The summed E-state index contributed by atoms with van der Waals surface area (Å²) < 4.78 is 11.3. The second kappa shape index (κ2) is 9.45. The molecule has 0 aliphatic carbocycles. The molecule has 0 unspecified atom stereocenters. The Bertz CT molecular complexity index is 1160. The van der Waals surface area contributed by atoms with Crippen molar-refractivity contribution in [2.24, 2.45) is 0 Å². The molecule has 0 atom stereocenters. The molecule has 4 aromatic rings. The maximum absolute atomic E-state index is 12.2. The van der Waals surface area contributed by atoms with Crippen molar-refractivity contribution in [1.82, 2.24) is 10.2 Å². The summed E-state index contributed by atoms with van der Waals surface area (Å²) in [5.74, 6) is 1.16. The van der Waals surface area contributed by atoms with Gasteiger partial charge in [-0.1, -0.05) is 67.2 Å². The van der Waals surface area contributed by atoms with Crippen molar-refractivity contribution in [2.45, 2.75) is 25.2 Å². The molecule has 6 nitrogen and oxygen atoms in total. The SMILES string of the molecule is CCc1ccccc1NC(=O)CSc1nnc(COc2ccc3ccccc3c2)o1. The number of rotatable bonds is 8. The molecule has 30 heavy (non-hydrogen) atoms. The topological polar surface area (TPSA) is 77.2 Å². The number of hydrogen-bond acceptors (Lipinski definition) is 6. The third-order valence-corrected chi connectivity index (χ3v) is 5.35. The summed E-state index contributed by atoms with van der Waals surface area (Å²) >= 11 is 1.20. The molecule has 1 amide bonds. The van der Waals surface area contributed by atoms with E-state index < -0.39 is 0 Å². The van der Waals surface area contributed by atoms with Crippen LogP contribution in [0.2, 0.25) is 0 Å². The third kappa shape index (κ3) is 4.99. The van der Waals surface area contributed by atoms with Gasteiger partial charge in [0.1, 0.15) is 5.75 Å². The summed E-state index contributed by atoms with van der Waals surface area (Å²) in [6, 6.07) is 21.7. The average molecular weight is 420 g/mol. The Hall–Kier alpha value is -3.32. The number of anilines is 1. The predicted octanol–water partition coefficient (Wildman–Crippen LogP) is 5.10. The fourth-order valence-electron chi connectivity index (χ4n) is 3.02. The molecule has 0 radical (unpaired) electrons. The van der Waals surface area contributed by atoms with Crippen molar-refractivity contribution in [1.29, 1.82) is 0 Å². The number of carbonyl (C=O) groups excluding carboxylic acids is 1. The number of fused-ring (bicyclic) bond motifs is 1. The van der Waals surface area contributed by atoms with Crippen LogP contribution < -0.4 is 10.1 Å². The zero-order valence-corrected chi connectivity index (χ0v) is 17.3. The normalized spacial score (nSPS) is 10.8. The third-order valence-electron chi connectivity index (χ3n) is 4.53. The molecule has 0 saturated carbocycles. The van der Waals surface area contributed by atoms with Crippen molar-refractivity contribution < 1.29 is 13.9 Å². The summed E-state index contributed by atoms with van der Waals surface area (Å²) in [5.41, 5.74) is 1.93.